The summed E-state index contributed by atoms with van der Waals surface area (Å²) in [6.07, 6.45) is 0. The van der Waals surface area contributed by atoms with Gasteiger partial charge in [0.2, 0.25) is 5.91 Å². The molecule has 0 atom stereocenters. The molecule has 1 amide bonds. The summed E-state index contributed by atoms with van der Waals surface area (Å²) in [6.45, 7) is 2.59. The number of rotatable bonds is 8. The van der Waals surface area contributed by atoms with Gasteiger partial charge in [-0.05, 0) is 43.3 Å². The molecule has 7 nitrogen and oxygen atoms in total. The van der Waals surface area contributed by atoms with Gasteiger partial charge in [-0.1, -0.05) is 23.4 Å². The first-order valence-corrected chi connectivity index (χ1v) is 10.4. The predicted molar refractivity (Wildman–Crippen MR) is 115 cm³/mol. The van der Waals surface area contributed by atoms with Crippen LogP contribution in [0, 0.1) is 5.82 Å². The fraction of sp³-hybridized carbons (Fsp3) is 0.250. The van der Waals surface area contributed by atoms with Crippen molar-refractivity contribution in [2.75, 3.05) is 25.3 Å². The van der Waals surface area contributed by atoms with Crippen molar-refractivity contribution in [1.82, 2.24) is 14.8 Å². The molecule has 2 aromatic carbocycles. The van der Waals surface area contributed by atoms with Gasteiger partial charge in [0.1, 0.15) is 5.82 Å². The molecule has 158 valence electrons. The smallest absolute Gasteiger partial charge is 0.234 e. The van der Waals surface area contributed by atoms with Gasteiger partial charge in [0.05, 0.1) is 25.0 Å². The van der Waals surface area contributed by atoms with Crippen molar-refractivity contribution >= 4 is 35.0 Å². The van der Waals surface area contributed by atoms with Crippen LogP contribution >= 0.6 is 23.4 Å². The van der Waals surface area contributed by atoms with Crippen LogP contribution in [0.25, 0.3) is 11.4 Å². The largest absolute Gasteiger partial charge is 0.493 e. The summed E-state index contributed by atoms with van der Waals surface area (Å²) in [4.78, 5) is 12.3. The first-order valence-electron chi connectivity index (χ1n) is 9.00. The van der Waals surface area contributed by atoms with Crippen LogP contribution in [0.4, 0.5) is 10.1 Å². The number of halogens is 2. The summed E-state index contributed by atoms with van der Waals surface area (Å²) in [5, 5.41) is 11.7. The van der Waals surface area contributed by atoms with Gasteiger partial charge < -0.3 is 19.4 Å². The second kappa shape index (κ2) is 9.82. The van der Waals surface area contributed by atoms with Gasteiger partial charge >= 0.3 is 0 Å². The van der Waals surface area contributed by atoms with E-state index in [2.05, 4.69) is 15.5 Å². The van der Waals surface area contributed by atoms with Gasteiger partial charge in [0, 0.05) is 17.8 Å². The van der Waals surface area contributed by atoms with E-state index in [-0.39, 0.29) is 16.7 Å². The Balaban J connectivity index is 1.72. The lowest BCUT2D eigenvalue weighted by atomic mass is 10.2. The molecular weight excluding hydrogens is 431 g/mol. The van der Waals surface area contributed by atoms with Crippen molar-refractivity contribution in [1.29, 1.82) is 0 Å². The van der Waals surface area contributed by atoms with Crippen LogP contribution in [-0.4, -0.2) is 40.6 Å². The van der Waals surface area contributed by atoms with E-state index in [1.165, 1.54) is 30.0 Å². The second-order valence-electron chi connectivity index (χ2n) is 6.09. The Kier molecular flexibility index (Phi) is 7.17. The van der Waals surface area contributed by atoms with Crippen molar-refractivity contribution in [3.05, 3.63) is 47.2 Å². The summed E-state index contributed by atoms with van der Waals surface area (Å²) >= 11 is 7.00. The average Bonchev–Trinajstić information content (AvgIpc) is 3.17. The van der Waals surface area contributed by atoms with E-state index in [4.69, 9.17) is 21.1 Å². The van der Waals surface area contributed by atoms with Crippen LogP contribution in [0.5, 0.6) is 11.5 Å². The normalized spacial score (nSPS) is 10.7. The minimum atomic E-state index is -0.539. The van der Waals surface area contributed by atoms with Crippen molar-refractivity contribution < 1.29 is 18.7 Å². The van der Waals surface area contributed by atoms with E-state index >= 15 is 0 Å². The second-order valence-corrected chi connectivity index (χ2v) is 7.44. The topological polar surface area (TPSA) is 78.3 Å². The van der Waals surface area contributed by atoms with E-state index in [0.717, 1.165) is 5.56 Å². The Hall–Kier alpha value is -2.78. The molecule has 1 aromatic heterocycles. The van der Waals surface area contributed by atoms with E-state index < -0.39 is 5.82 Å². The maximum atomic E-state index is 13.2. The van der Waals surface area contributed by atoms with Crippen LogP contribution in [0.3, 0.4) is 0 Å². The molecule has 10 heteroatoms. The molecular formula is C20H20ClFN4O3S. The van der Waals surface area contributed by atoms with Crippen LogP contribution in [0.15, 0.2) is 41.6 Å². The summed E-state index contributed by atoms with van der Waals surface area (Å²) in [7, 11) is 3.14. The Morgan fingerprint density at radius 3 is 2.60 bits per heavy atom. The molecule has 30 heavy (non-hydrogen) atoms. The molecule has 3 rings (SSSR count). The number of aromatic nitrogens is 3. The maximum Gasteiger partial charge on any atom is 0.234 e. The number of carbonyl (C=O) groups is 1. The highest BCUT2D eigenvalue weighted by molar-refractivity contribution is 7.99. The van der Waals surface area contributed by atoms with Crippen molar-refractivity contribution in [2.24, 2.45) is 0 Å². The standard InChI is InChI=1S/C20H20ClFN4O3S/c1-4-26-19(12-5-8-16(28-2)17(9-12)29-3)24-25-20(26)30-11-18(27)23-13-6-7-15(22)14(21)10-13/h5-10H,4,11H2,1-3H3,(H,23,27). The molecule has 0 spiro atoms. The van der Waals surface area contributed by atoms with Gasteiger partial charge in [0.25, 0.3) is 0 Å². The fourth-order valence-electron chi connectivity index (χ4n) is 2.77. The Morgan fingerprint density at radius 2 is 1.93 bits per heavy atom. The number of anilines is 1. The molecule has 1 N–H and O–H groups in total. The molecule has 0 fully saturated rings. The van der Waals surface area contributed by atoms with Crippen LogP contribution < -0.4 is 14.8 Å². The quantitative estimate of drug-likeness (QED) is 0.509. The van der Waals surface area contributed by atoms with Crippen molar-refractivity contribution in [3.8, 4) is 22.9 Å². The molecule has 0 saturated heterocycles. The van der Waals surface area contributed by atoms with Crippen LogP contribution in [-0.2, 0) is 11.3 Å². The zero-order chi connectivity index (χ0) is 21.7. The lowest BCUT2D eigenvalue weighted by Crippen LogP contribution is -2.14. The number of hydrogen-bond acceptors (Lipinski definition) is 6. The maximum absolute atomic E-state index is 13.2. The third-order valence-corrected chi connectivity index (χ3v) is 5.47. The van der Waals surface area contributed by atoms with Crippen LogP contribution in [0.2, 0.25) is 5.02 Å². The Labute approximate surface area is 182 Å². The molecule has 3 aromatic rings. The molecule has 0 aliphatic carbocycles. The lowest BCUT2D eigenvalue weighted by molar-refractivity contribution is -0.113. The number of ether oxygens (including phenoxy) is 2. The Bertz CT molecular complexity index is 1060. The average molecular weight is 451 g/mol. The zero-order valence-corrected chi connectivity index (χ0v) is 18.2. The van der Waals surface area contributed by atoms with E-state index in [0.29, 0.717) is 34.7 Å². The van der Waals surface area contributed by atoms with Gasteiger partial charge in [-0.2, -0.15) is 0 Å². The van der Waals surface area contributed by atoms with Crippen molar-refractivity contribution in [2.45, 2.75) is 18.6 Å². The van der Waals surface area contributed by atoms with Gasteiger partial charge in [-0.15, -0.1) is 10.2 Å². The SMILES string of the molecule is CCn1c(SCC(=O)Nc2ccc(F)c(Cl)c2)nnc1-c1ccc(OC)c(OC)c1. The molecule has 0 aliphatic heterocycles. The molecule has 0 aliphatic rings. The van der Waals surface area contributed by atoms with E-state index in [9.17, 15) is 9.18 Å². The number of thioether (sulfide) groups is 1. The number of carbonyl (C=O) groups excluding carboxylic acids is 1. The van der Waals surface area contributed by atoms with Gasteiger partial charge in [-0.25, -0.2) is 4.39 Å². The Morgan fingerprint density at radius 1 is 1.17 bits per heavy atom. The monoisotopic (exact) mass is 450 g/mol. The summed E-state index contributed by atoms with van der Waals surface area (Å²) < 4.78 is 25.8. The number of amides is 1. The molecule has 0 bridgehead atoms. The fourth-order valence-corrected chi connectivity index (χ4v) is 3.75. The highest BCUT2D eigenvalue weighted by atomic mass is 35.5. The zero-order valence-electron chi connectivity index (χ0n) is 16.6. The summed E-state index contributed by atoms with van der Waals surface area (Å²) in [6, 6.07) is 9.52. The number of methoxy groups -OCH3 is 2. The number of hydrogen-bond donors (Lipinski definition) is 1. The van der Waals surface area contributed by atoms with E-state index in [1.54, 1.807) is 20.3 Å². The lowest BCUT2D eigenvalue weighted by Gasteiger charge is -2.11. The third-order valence-electron chi connectivity index (χ3n) is 4.21. The molecule has 0 unspecified atom stereocenters. The summed E-state index contributed by atoms with van der Waals surface area (Å²) in [5.74, 6) is 1.18. The molecule has 0 saturated carbocycles. The number of nitrogens with zero attached hydrogens (tertiary/aromatic N) is 3. The number of benzene rings is 2. The van der Waals surface area contributed by atoms with Crippen LogP contribution in [0.1, 0.15) is 6.92 Å². The predicted octanol–water partition coefficient (Wildman–Crippen LogP) is 4.51. The number of nitrogens with one attached hydrogen (secondary N) is 1. The highest BCUT2D eigenvalue weighted by Crippen LogP contribution is 2.33. The third kappa shape index (κ3) is 4.85. The first kappa shape index (κ1) is 21.9. The van der Waals surface area contributed by atoms with Gasteiger partial charge in [0.15, 0.2) is 22.5 Å². The minimum Gasteiger partial charge on any atom is -0.493 e. The molecule has 0 radical (unpaired) electrons. The van der Waals surface area contributed by atoms with Gasteiger partial charge in [-0.3, -0.25) is 4.79 Å². The summed E-state index contributed by atoms with van der Waals surface area (Å²) in [5.41, 5.74) is 1.24. The van der Waals surface area contributed by atoms with Crippen molar-refractivity contribution in [3.63, 3.8) is 0 Å². The first-order chi connectivity index (χ1) is 14.5. The molecule has 1 heterocycles. The van der Waals surface area contributed by atoms with E-state index in [1.807, 2.05) is 23.6 Å². The highest BCUT2D eigenvalue weighted by Gasteiger charge is 2.16. The minimum absolute atomic E-state index is 0.0502.